The monoisotopic (exact) mass is 243 g/mol. The molecule has 5 nitrogen and oxygen atoms in total. The smallest absolute Gasteiger partial charge is 0.307 e. The number of esters is 1. The second-order valence-electron chi connectivity index (χ2n) is 3.94. The Hall–Kier alpha value is -1.17. The van der Waals surface area contributed by atoms with E-state index in [2.05, 4.69) is 19.4 Å². The number of nitrogens with one attached hydrogen (secondary N) is 1. The first-order chi connectivity index (χ1) is 7.52. The lowest BCUT2D eigenvalue weighted by Crippen LogP contribution is -2.20. The standard InChI is InChI=1S/C10H17N3O2S/c1-6(2)9-12-10(16-13-9)11-7(3)5-8(14)15-4/h6-7H,5H2,1-4H3,(H,11,12,13). The average molecular weight is 243 g/mol. The molecule has 1 unspecified atom stereocenters. The van der Waals surface area contributed by atoms with Crippen LogP contribution in [0.4, 0.5) is 5.13 Å². The van der Waals surface area contributed by atoms with Crippen molar-refractivity contribution in [3.63, 3.8) is 0 Å². The van der Waals surface area contributed by atoms with Crippen LogP contribution < -0.4 is 5.32 Å². The number of anilines is 1. The summed E-state index contributed by atoms with van der Waals surface area (Å²) in [6.45, 7) is 6.00. The molecule has 1 aromatic heterocycles. The van der Waals surface area contributed by atoms with Crippen molar-refractivity contribution in [2.75, 3.05) is 12.4 Å². The SMILES string of the molecule is COC(=O)CC(C)Nc1nc(C(C)C)ns1. The van der Waals surface area contributed by atoms with Crippen molar-refractivity contribution >= 4 is 22.6 Å². The molecule has 0 spiro atoms. The van der Waals surface area contributed by atoms with Crippen LogP contribution in [0, 0.1) is 0 Å². The Kier molecular flexibility index (Phi) is 4.67. The van der Waals surface area contributed by atoms with Crippen molar-refractivity contribution in [1.29, 1.82) is 0 Å². The first-order valence-electron chi connectivity index (χ1n) is 5.20. The number of aromatic nitrogens is 2. The highest BCUT2D eigenvalue weighted by atomic mass is 32.1. The Morgan fingerprint density at radius 2 is 2.19 bits per heavy atom. The van der Waals surface area contributed by atoms with Crippen molar-refractivity contribution in [1.82, 2.24) is 9.36 Å². The summed E-state index contributed by atoms with van der Waals surface area (Å²) in [5.41, 5.74) is 0. The summed E-state index contributed by atoms with van der Waals surface area (Å²) in [7, 11) is 1.39. The van der Waals surface area contributed by atoms with E-state index in [0.29, 0.717) is 12.3 Å². The molecule has 1 atom stereocenters. The van der Waals surface area contributed by atoms with Crippen molar-refractivity contribution in [2.24, 2.45) is 0 Å². The zero-order chi connectivity index (χ0) is 12.1. The molecule has 6 heteroatoms. The van der Waals surface area contributed by atoms with Crippen LogP contribution in [0.2, 0.25) is 0 Å². The minimum atomic E-state index is -0.228. The van der Waals surface area contributed by atoms with Gasteiger partial charge in [0.2, 0.25) is 5.13 Å². The summed E-state index contributed by atoms with van der Waals surface area (Å²) in [6, 6.07) is 0.000382. The molecule has 0 radical (unpaired) electrons. The third-order valence-electron chi connectivity index (χ3n) is 2.03. The molecule has 1 rings (SSSR count). The number of nitrogens with zero attached hydrogens (tertiary/aromatic N) is 2. The molecule has 1 heterocycles. The van der Waals surface area contributed by atoms with Gasteiger partial charge >= 0.3 is 5.97 Å². The molecular weight excluding hydrogens is 226 g/mol. The second kappa shape index (κ2) is 5.79. The predicted molar refractivity (Wildman–Crippen MR) is 63.7 cm³/mol. The summed E-state index contributed by atoms with van der Waals surface area (Å²) >= 11 is 1.32. The van der Waals surface area contributed by atoms with Crippen molar-refractivity contribution < 1.29 is 9.53 Å². The lowest BCUT2D eigenvalue weighted by Gasteiger charge is -2.10. The van der Waals surface area contributed by atoms with Gasteiger partial charge in [-0.1, -0.05) is 13.8 Å². The maximum absolute atomic E-state index is 11.0. The number of carbonyl (C=O) groups is 1. The van der Waals surface area contributed by atoms with Gasteiger partial charge in [-0.05, 0) is 6.92 Å². The average Bonchev–Trinajstić information content (AvgIpc) is 2.65. The normalized spacial score (nSPS) is 12.6. The van der Waals surface area contributed by atoms with E-state index in [1.54, 1.807) is 0 Å². The summed E-state index contributed by atoms with van der Waals surface area (Å²) in [6.07, 6.45) is 0.326. The molecule has 0 bridgehead atoms. The van der Waals surface area contributed by atoms with Gasteiger partial charge in [0.05, 0.1) is 13.5 Å². The molecule has 0 amide bonds. The van der Waals surface area contributed by atoms with Crippen LogP contribution in [0.3, 0.4) is 0 Å². The Morgan fingerprint density at radius 3 is 2.69 bits per heavy atom. The number of ether oxygens (including phenoxy) is 1. The van der Waals surface area contributed by atoms with Crippen LogP contribution in [0.1, 0.15) is 38.9 Å². The number of carbonyl (C=O) groups excluding carboxylic acids is 1. The van der Waals surface area contributed by atoms with Gasteiger partial charge in [0.25, 0.3) is 0 Å². The van der Waals surface area contributed by atoms with Gasteiger partial charge < -0.3 is 10.1 Å². The Labute approximate surface area is 99.4 Å². The van der Waals surface area contributed by atoms with Crippen LogP contribution in [-0.2, 0) is 9.53 Å². The van der Waals surface area contributed by atoms with E-state index in [9.17, 15) is 4.79 Å². The fraction of sp³-hybridized carbons (Fsp3) is 0.700. The van der Waals surface area contributed by atoms with Gasteiger partial charge in [-0.15, -0.1) is 0 Å². The maximum atomic E-state index is 11.0. The van der Waals surface area contributed by atoms with E-state index in [4.69, 9.17) is 0 Å². The van der Waals surface area contributed by atoms with Gasteiger partial charge in [0, 0.05) is 23.5 Å². The van der Waals surface area contributed by atoms with E-state index in [1.807, 2.05) is 20.8 Å². The Morgan fingerprint density at radius 1 is 1.50 bits per heavy atom. The zero-order valence-corrected chi connectivity index (χ0v) is 10.8. The highest BCUT2D eigenvalue weighted by molar-refractivity contribution is 7.09. The first-order valence-corrected chi connectivity index (χ1v) is 5.97. The molecule has 1 N–H and O–H groups in total. The molecule has 1 aromatic rings. The van der Waals surface area contributed by atoms with Crippen molar-refractivity contribution in [2.45, 2.75) is 39.2 Å². The van der Waals surface area contributed by atoms with Crippen LogP contribution >= 0.6 is 11.5 Å². The molecule has 0 aliphatic rings. The quantitative estimate of drug-likeness (QED) is 0.802. The third-order valence-corrected chi connectivity index (χ3v) is 2.69. The summed E-state index contributed by atoms with van der Waals surface area (Å²) in [5.74, 6) is 0.925. The lowest BCUT2D eigenvalue weighted by molar-refractivity contribution is -0.140. The van der Waals surface area contributed by atoms with Gasteiger partial charge in [0.15, 0.2) is 0 Å². The fourth-order valence-electron chi connectivity index (χ4n) is 1.12. The maximum Gasteiger partial charge on any atom is 0.307 e. The van der Waals surface area contributed by atoms with Gasteiger partial charge in [-0.2, -0.15) is 4.37 Å². The molecule has 0 fully saturated rings. The zero-order valence-electron chi connectivity index (χ0n) is 9.98. The lowest BCUT2D eigenvalue weighted by atomic mass is 10.2. The highest BCUT2D eigenvalue weighted by Gasteiger charge is 2.12. The van der Waals surface area contributed by atoms with Gasteiger partial charge in [-0.25, -0.2) is 4.98 Å². The predicted octanol–water partition coefficient (Wildman–Crippen LogP) is 2.02. The highest BCUT2D eigenvalue weighted by Crippen LogP contribution is 2.18. The Balaban J connectivity index is 2.49. The Bertz CT molecular complexity index is 352. The molecule has 0 saturated carbocycles. The molecule has 0 aliphatic carbocycles. The molecule has 16 heavy (non-hydrogen) atoms. The van der Waals surface area contributed by atoms with Gasteiger partial charge in [0.1, 0.15) is 5.82 Å². The topological polar surface area (TPSA) is 64.1 Å². The minimum absolute atomic E-state index is 0.000382. The molecule has 90 valence electrons. The largest absolute Gasteiger partial charge is 0.469 e. The number of hydrogen-bond donors (Lipinski definition) is 1. The van der Waals surface area contributed by atoms with Crippen LogP contribution in [-0.4, -0.2) is 28.5 Å². The van der Waals surface area contributed by atoms with Crippen LogP contribution in [0.15, 0.2) is 0 Å². The van der Waals surface area contributed by atoms with E-state index in [1.165, 1.54) is 18.6 Å². The molecule has 0 saturated heterocycles. The van der Waals surface area contributed by atoms with Crippen LogP contribution in [0.25, 0.3) is 0 Å². The van der Waals surface area contributed by atoms with E-state index in [0.717, 1.165) is 11.0 Å². The second-order valence-corrected chi connectivity index (χ2v) is 4.69. The molecule has 0 aromatic carbocycles. The van der Waals surface area contributed by atoms with E-state index < -0.39 is 0 Å². The summed E-state index contributed by atoms with van der Waals surface area (Å²) < 4.78 is 8.81. The molecular formula is C10H17N3O2S. The van der Waals surface area contributed by atoms with Crippen molar-refractivity contribution in [3.8, 4) is 0 Å². The number of hydrogen-bond acceptors (Lipinski definition) is 6. The summed E-state index contributed by atoms with van der Waals surface area (Å²) in [5, 5.41) is 3.88. The summed E-state index contributed by atoms with van der Waals surface area (Å²) in [4.78, 5) is 15.4. The first kappa shape index (κ1) is 12.9. The van der Waals surface area contributed by atoms with E-state index >= 15 is 0 Å². The van der Waals surface area contributed by atoms with E-state index in [-0.39, 0.29) is 12.0 Å². The third kappa shape index (κ3) is 3.77. The number of rotatable bonds is 5. The van der Waals surface area contributed by atoms with Gasteiger partial charge in [-0.3, -0.25) is 4.79 Å². The number of methoxy groups -OCH3 is 1. The minimum Gasteiger partial charge on any atom is -0.469 e. The molecule has 0 aliphatic heterocycles. The van der Waals surface area contributed by atoms with Crippen LogP contribution in [0.5, 0.6) is 0 Å². The fourth-order valence-corrected chi connectivity index (χ4v) is 1.94. The van der Waals surface area contributed by atoms with Crippen molar-refractivity contribution in [3.05, 3.63) is 5.82 Å².